The highest BCUT2D eigenvalue weighted by atomic mass is 35.5. The van der Waals surface area contributed by atoms with E-state index in [2.05, 4.69) is 10.0 Å². The summed E-state index contributed by atoms with van der Waals surface area (Å²) in [5.74, 6) is -0.246. The van der Waals surface area contributed by atoms with Crippen molar-refractivity contribution in [1.29, 1.82) is 0 Å². The van der Waals surface area contributed by atoms with Gasteiger partial charge in [0.05, 0.1) is 12.6 Å². The molecule has 0 spiro atoms. The zero-order valence-corrected chi connectivity index (χ0v) is 14.9. The lowest BCUT2D eigenvalue weighted by Crippen LogP contribution is -2.48. The maximum Gasteiger partial charge on any atom is 0.249 e. The highest BCUT2D eigenvalue weighted by Gasteiger charge is 2.27. The van der Waals surface area contributed by atoms with Crippen LogP contribution in [0.15, 0.2) is 16.3 Å². The highest BCUT2D eigenvalue weighted by molar-refractivity contribution is 7.91. The molecule has 0 saturated carbocycles. The van der Waals surface area contributed by atoms with E-state index < -0.39 is 16.1 Å². The zero-order chi connectivity index (χ0) is 15.6. The van der Waals surface area contributed by atoms with Crippen LogP contribution < -0.4 is 15.8 Å². The van der Waals surface area contributed by atoms with E-state index in [4.69, 9.17) is 5.73 Å². The van der Waals surface area contributed by atoms with Crippen molar-refractivity contribution in [1.82, 2.24) is 10.0 Å². The Balaban J connectivity index is 0.00000400. The van der Waals surface area contributed by atoms with E-state index in [9.17, 15) is 13.2 Å². The van der Waals surface area contributed by atoms with E-state index in [0.29, 0.717) is 0 Å². The van der Waals surface area contributed by atoms with Crippen molar-refractivity contribution < 1.29 is 13.2 Å². The molecular weight excluding hydrogens is 334 g/mol. The number of carbonyl (C=O) groups is 1. The number of amides is 1. The highest BCUT2D eigenvalue weighted by Crippen LogP contribution is 2.21. The van der Waals surface area contributed by atoms with Crippen LogP contribution in [-0.2, 0) is 21.4 Å². The van der Waals surface area contributed by atoms with Gasteiger partial charge < -0.3 is 11.1 Å². The molecule has 1 atom stereocenters. The molecule has 0 bridgehead atoms. The summed E-state index contributed by atoms with van der Waals surface area (Å²) < 4.78 is 25.6. The molecule has 1 aromatic rings. The van der Waals surface area contributed by atoms with Gasteiger partial charge in [0.15, 0.2) is 0 Å². The van der Waals surface area contributed by atoms with Crippen molar-refractivity contribution >= 4 is 39.7 Å². The number of carbonyl (C=O) groups excluding carboxylic acids is 1. The summed E-state index contributed by atoms with van der Waals surface area (Å²) in [5, 5.41) is 2.72. The molecule has 6 nitrogen and oxygen atoms in total. The van der Waals surface area contributed by atoms with Gasteiger partial charge in [0.1, 0.15) is 4.21 Å². The third kappa shape index (κ3) is 5.55. The van der Waals surface area contributed by atoms with Crippen LogP contribution in [-0.4, -0.2) is 27.4 Å². The van der Waals surface area contributed by atoms with Crippen LogP contribution >= 0.6 is 23.7 Å². The maximum atomic E-state index is 11.9. The minimum Gasteiger partial charge on any atom is -0.350 e. The molecule has 0 aliphatic carbocycles. The molecule has 9 heteroatoms. The predicted octanol–water partition coefficient (Wildman–Crippen LogP) is 1.07. The van der Waals surface area contributed by atoms with Crippen LogP contribution in [0, 0.1) is 5.41 Å². The van der Waals surface area contributed by atoms with Gasteiger partial charge in [-0.1, -0.05) is 20.8 Å². The lowest BCUT2D eigenvalue weighted by atomic mass is 9.87. The molecule has 0 radical (unpaired) electrons. The molecule has 0 aromatic carbocycles. The van der Waals surface area contributed by atoms with Gasteiger partial charge in [0.25, 0.3) is 0 Å². The van der Waals surface area contributed by atoms with Crippen molar-refractivity contribution in [2.45, 2.75) is 37.6 Å². The summed E-state index contributed by atoms with van der Waals surface area (Å²) in [6, 6.07) is 2.59. The minimum absolute atomic E-state index is 0. The predicted molar refractivity (Wildman–Crippen MR) is 87.1 cm³/mol. The first-order chi connectivity index (χ1) is 9.08. The first-order valence-corrected chi connectivity index (χ1v) is 8.43. The smallest absolute Gasteiger partial charge is 0.249 e. The molecule has 1 rings (SSSR count). The quantitative estimate of drug-likeness (QED) is 0.735. The van der Waals surface area contributed by atoms with Gasteiger partial charge in [-0.15, -0.1) is 23.7 Å². The van der Waals surface area contributed by atoms with E-state index in [-0.39, 0.29) is 34.5 Å². The average molecular weight is 356 g/mol. The fourth-order valence-corrected chi connectivity index (χ4v) is 3.51. The van der Waals surface area contributed by atoms with Crippen LogP contribution in [0.4, 0.5) is 0 Å². The Labute approximate surface area is 136 Å². The number of rotatable bonds is 5. The fraction of sp³-hybridized carbons (Fsp3) is 0.583. The van der Waals surface area contributed by atoms with Gasteiger partial charge in [-0.05, 0) is 24.6 Å². The van der Waals surface area contributed by atoms with Crippen LogP contribution in [0.5, 0.6) is 0 Å². The number of sulfonamides is 1. The molecular formula is C12H22ClN3O3S2. The lowest BCUT2D eigenvalue weighted by molar-refractivity contribution is -0.124. The van der Waals surface area contributed by atoms with Crippen molar-refractivity contribution in [3.8, 4) is 0 Å². The molecule has 0 fully saturated rings. The van der Waals surface area contributed by atoms with Crippen molar-refractivity contribution in [2.24, 2.45) is 11.1 Å². The molecule has 1 heterocycles. The Kier molecular flexibility index (Phi) is 7.31. The number of halogens is 1. The van der Waals surface area contributed by atoms with E-state index in [1.54, 1.807) is 6.07 Å². The summed E-state index contributed by atoms with van der Waals surface area (Å²) in [5.41, 5.74) is 5.52. The molecule has 21 heavy (non-hydrogen) atoms. The van der Waals surface area contributed by atoms with E-state index in [1.807, 2.05) is 20.8 Å². The molecule has 122 valence electrons. The summed E-state index contributed by atoms with van der Waals surface area (Å²) in [7, 11) is -2.06. The van der Waals surface area contributed by atoms with Gasteiger partial charge >= 0.3 is 0 Å². The minimum atomic E-state index is -3.42. The normalized spacial score (nSPS) is 13.4. The molecule has 1 aromatic heterocycles. The Bertz CT molecular complexity index is 579. The van der Waals surface area contributed by atoms with Gasteiger partial charge in [0, 0.05) is 4.88 Å². The second kappa shape index (κ2) is 7.55. The average Bonchev–Trinajstić information content (AvgIpc) is 2.83. The second-order valence-electron chi connectivity index (χ2n) is 5.49. The monoisotopic (exact) mass is 355 g/mol. The Morgan fingerprint density at radius 2 is 1.95 bits per heavy atom. The van der Waals surface area contributed by atoms with E-state index in [0.717, 1.165) is 16.2 Å². The molecule has 0 aliphatic heterocycles. The number of thiophene rings is 1. The Hall–Kier alpha value is -0.670. The first kappa shape index (κ1) is 20.3. The van der Waals surface area contributed by atoms with Gasteiger partial charge in [-0.3, -0.25) is 4.79 Å². The molecule has 0 saturated heterocycles. The topological polar surface area (TPSA) is 101 Å². The first-order valence-electron chi connectivity index (χ1n) is 6.13. The SMILES string of the molecule is CNS(=O)(=O)c1ccc(CNC(=O)[C@@H](N)C(C)(C)C)s1.Cl. The van der Waals surface area contributed by atoms with E-state index >= 15 is 0 Å². The number of hydrogen-bond acceptors (Lipinski definition) is 5. The second-order valence-corrected chi connectivity index (χ2v) is 8.77. The standard InChI is InChI=1S/C12H21N3O3S2.ClH/c1-12(2,3)10(13)11(16)15-7-8-5-6-9(19-8)20(17,18)14-4;/h5-6,10,14H,7,13H2,1-4H3,(H,15,16);1H/t10-;/m1./s1. The lowest BCUT2D eigenvalue weighted by Gasteiger charge is -2.25. The Morgan fingerprint density at radius 3 is 2.43 bits per heavy atom. The number of hydrogen-bond donors (Lipinski definition) is 3. The van der Waals surface area contributed by atoms with Gasteiger partial charge in [0.2, 0.25) is 15.9 Å². The summed E-state index contributed by atoms with van der Waals surface area (Å²) >= 11 is 1.12. The van der Waals surface area contributed by atoms with Crippen molar-refractivity contribution in [3.05, 3.63) is 17.0 Å². The molecule has 1 amide bonds. The van der Waals surface area contributed by atoms with Crippen LogP contribution in [0.2, 0.25) is 0 Å². The Morgan fingerprint density at radius 1 is 1.38 bits per heavy atom. The third-order valence-electron chi connectivity index (χ3n) is 2.82. The third-order valence-corrected chi connectivity index (χ3v) is 5.81. The molecule has 4 N–H and O–H groups in total. The fourth-order valence-electron chi connectivity index (χ4n) is 1.38. The molecule has 0 unspecified atom stereocenters. The van der Waals surface area contributed by atoms with Crippen LogP contribution in [0.1, 0.15) is 25.6 Å². The van der Waals surface area contributed by atoms with Gasteiger partial charge in [-0.2, -0.15) is 0 Å². The summed E-state index contributed by atoms with van der Waals surface area (Å²) in [6.07, 6.45) is 0. The zero-order valence-electron chi connectivity index (χ0n) is 12.5. The van der Waals surface area contributed by atoms with Gasteiger partial charge in [-0.25, -0.2) is 13.1 Å². The van der Waals surface area contributed by atoms with Crippen molar-refractivity contribution in [3.63, 3.8) is 0 Å². The summed E-state index contributed by atoms with van der Waals surface area (Å²) in [6.45, 7) is 5.94. The van der Waals surface area contributed by atoms with Crippen LogP contribution in [0.3, 0.4) is 0 Å². The number of nitrogens with one attached hydrogen (secondary N) is 2. The van der Waals surface area contributed by atoms with Crippen molar-refractivity contribution in [2.75, 3.05) is 7.05 Å². The summed E-state index contributed by atoms with van der Waals surface area (Å²) in [4.78, 5) is 12.6. The van der Waals surface area contributed by atoms with Crippen LogP contribution in [0.25, 0.3) is 0 Å². The van der Waals surface area contributed by atoms with E-state index in [1.165, 1.54) is 13.1 Å². The molecule has 0 aliphatic rings. The maximum absolute atomic E-state index is 11.9. The largest absolute Gasteiger partial charge is 0.350 e. The number of nitrogens with two attached hydrogens (primary N) is 1.